The first-order chi connectivity index (χ1) is 8.53. The van der Waals surface area contributed by atoms with E-state index in [0.717, 1.165) is 5.56 Å². The summed E-state index contributed by atoms with van der Waals surface area (Å²) in [6, 6.07) is 3.54. The summed E-state index contributed by atoms with van der Waals surface area (Å²) in [7, 11) is -3.35. The topological polar surface area (TPSA) is 118 Å². The number of nitrogens with two attached hydrogens (primary N) is 1. The molecule has 0 bridgehead atoms. The number of hydrogen-bond acceptors (Lipinski definition) is 5. The lowest BCUT2D eigenvalue weighted by atomic mass is 10.2. The molecule has 4 N–H and O–H groups in total. The van der Waals surface area contributed by atoms with Crippen LogP contribution in [0.4, 0.5) is 0 Å². The van der Waals surface area contributed by atoms with Crippen LogP contribution in [0.2, 0.25) is 0 Å². The van der Waals surface area contributed by atoms with Gasteiger partial charge in [0.2, 0.25) is 10.0 Å². The molecule has 100 valence electrons. The Morgan fingerprint density at radius 3 is 2.72 bits per heavy atom. The lowest BCUT2D eigenvalue weighted by Gasteiger charge is -2.06. The highest BCUT2D eigenvalue weighted by molar-refractivity contribution is 7.89. The summed E-state index contributed by atoms with van der Waals surface area (Å²) in [5.74, 6) is -0.0143. The van der Waals surface area contributed by atoms with Gasteiger partial charge in [0.25, 0.3) is 0 Å². The van der Waals surface area contributed by atoms with Gasteiger partial charge in [-0.25, -0.2) is 13.1 Å². The maximum Gasteiger partial charge on any atom is 0.211 e. The van der Waals surface area contributed by atoms with Gasteiger partial charge in [-0.3, -0.25) is 4.98 Å². The highest BCUT2D eigenvalue weighted by atomic mass is 32.2. The number of amidine groups is 1. The predicted octanol–water partition coefficient (Wildman–Crippen LogP) is -0.320. The minimum atomic E-state index is -3.35. The molecule has 0 aliphatic carbocycles. The molecule has 1 heterocycles. The summed E-state index contributed by atoms with van der Waals surface area (Å²) < 4.78 is 25.6. The summed E-state index contributed by atoms with van der Waals surface area (Å²) in [4.78, 5) is 3.85. The van der Waals surface area contributed by atoms with Gasteiger partial charge in [-0.15, -0.1) is 0 Å². The van der Waals surface area contributed by atoms with E-state index in [4.69, 9.17) is 10.9 Å². The van der Waals surface area contributed by atoms with Crippen LogP contribution in [0.3, 0.4) is 0 Å². The van der Waals surface area contributed by atoms with E-state index >= 15 is 0 Å². The third-order valence-electron chi connectivity index (χ3n) is 2.24. The van der Waals surface area contributed by atoms with Crippen LogP contribution in [-0.4, -0.2) is 36.7 Å². The van der Waals surface area contributed by atoms with Crippen LogP contribution in [-0.2, 0) is 16.4 Å². The first kappa shape index (κ1) is 14.4. The molecular weight excluding hydrogens is 256 g/mol. The first-order valence-electron chi connectivity index (χ1n) is 5.36. The fourth-order valence-corrected chi connectivity index (χ4v) is 2.32. The van der Waals surface area contributed by atoms with Crippen LogP contribution < -0.4 is 10.5 Å². The smallest absolute Gasteiger partial charge is 0.211 e. The number of pyridine rings is 1. The molecule has 0 atom stereocenters. The molecule has 0 radical (unpaired) electrons. The zero-order valence-electron chi connectivity index (χ0n) is 9.78. The molecule has 0 saturated carbocycles. The van der Waals surface area contributed by atoms with Crippen molar-refractivity contribution in [2.24, 2.45) is 10.9 Å². The normalized spacial score (nSPS) is 12.6. The Morgan fingerprint density at radius 2 is 2.11 bits per heavy atom. The second-order valence-corrected chi connectivity index (χ2v) is 5.59. The molecule has 18 heavy (non-hydrogen) atoms. The molecule has 0 saturated heterocycles. The summed E-state index contributed by atoms with van der Waals surface area (Å²) >= 11 is 0. The Bertz CT molecular complexity index is 487. The maximum absolute atomic E-state index is 11.6. The first-order valence-corrected chi connectivity index (χ1v) is 7.01. The van der Waals surface area contributed by atoms with Gasteiger partial charge in [0.1, 0.15) is 5.84 Å². The van der Waals surface area contributed by atoms with E-state index in [2.05, 4.69) is 14.9 Å². The third kappa shape index (κ3) is 5.60. The summed E-state index contributed by atoms with van der Waals surface area (Å²) in [6.45, 7) is 0.120. The maximum atomic E-state index is 11.6. The van der Waals surface area contributed by atoms with Crippen molar-refractivity contribution in [3.63, 3.8) is 0 Å². The standard InChI is InChI=1S/C10H16N4O3S/c11-10(14-15)3-7-13-18(16,17)8-4-9-1-5-12-6-2-9/h1-2,5-6,13,15H,3-4,7-8H2,(H2,11,14). The van der Waals surface area contributed by atoms with Gasteiger partial charge in [-0.2, -0.15) is 0 Å². The van der Waals surface area contributed by atoms with Crippen molar-refractivity contribution in [2.75, 3.05) is 12.3 Å². The minimum Gasteiger partial charge on any atom is -0.409 e. The molecule has 0 unspecified atom stereocenters. The average Bonchev–Trinajstić information content (AvgIpc) is 2.37. The van der Waals surface area contributed by atoms with Gasteiger partial charge in [0.15, 0.2) is 0 Å². The molecule has 7 nitrogen and oxygen atoms in total. The molecule has 0 aromatic carbocycles. The Morgan fingerprint density at radius 1 is 1.44 bits per heavy atom. The van der Waals surface area contributed by atoms with Gasteiger partial charge >= 0.3 is 0 Å². The average molecular weight is 272 g/mol. The van der Waals surface area contributed by atoms with Crippen LogP contribution in [0.25, 0.3) is 0 Å². The monoisotopic (exact) mass is 272 g/mol. The van der Waals surface area contributed by atoms with Crippen molar-refractivity contribution in [1.82, 2.24) is 9.71 Å². The zero-order valence-corrected chi connectivity index (χ0v) is 10.6. The second-order valence-electron chi connectivity index (χ2n) is 3.66. The predicted molar refractivity (Wildman–Crippen MR) is 67.8 cm³/mol. The van der Waals surface area contributed by atoms with Gasteiger partial charge in [-0.05, 0) is 24.1 Å². The Kier molecular flexibility index (Phi) is 5.53. The van der Waals surface area contributed by atoms with E-state index < -0.39 is 10.0 Å². The molecule has 1 aromatic heterocycles. The lowest BCUT2D eigenvalue weighted by Crippen LogP contribution is -2.30. The van der Waals surface area contributed by atoms with Gasteiger partial charge in [0, 0.05) is 25.4 Å². The third-order valence-corrected chi connectivity index (χ3v) is 3.63. The molecular formula is C10H16N4O3S. The van der Waals surface area contributed by atoms with Crippen molar-refractivity contribution in [3.05, 3.63) is 30.1 Å². The highest BCUT2D eigenvalue weighted by Crippen LogP contribution is 1.99. The van der Waals surface area contributed by atoms with Crippen LogP contribution in [0.5, 0.6) is 0 Å². The molecule has 0 aliphatic heterocycles. The number of oxime groups is 1. The van der Waals surface area contributed by atoms with Gasteiger partial charge in [-0.1, -0.05) is 5.16 Å². The second kappa shape index (κ2) is 6.92. The van der Waals surface area contributed by atoms with Crippen LogP contribution in [0, 0.1) is 0 Å². The summed E-state index contributed by atoms with van der Waals surface area (Å²) in [6.07, 6.45) is 3.83. The Balaban J connectivity index is 2.36. The largest absolute Gasteiger partial charge is 0.409 e. The molecule has 8 heteroatoms. The van der Waals surface area contributed by atoms with E-state index in [1.807, 2.05) is 0 Å². The number of sulfonamides is 1. The van der Waals surface area contributed by atoms with E-state index in [9.17, 15) is 8.42 Å². The fraction of sp³-hybridized carbons (Fsp3) is 0.400. The lowest BCUT2D eigenvalue weighted by molar-refractivity contribution is 0.317. The molecule has 0 amide bonds. The number of aromatic nitrogens is 1. The molecule has 1 rings (SSSR count). The molecule has 0 fully saturated rings. The van der Waals surface area contributed by atoms with Crippen molar-refractivity contribution < 1.29 is 13.6 Å². The molecule has 0 spiro atoms. The van der Waals surface area contributed by atoms with Gasteiger partial charge < -0.3 is 10.9 Å². The SMILES string of the molecule is NC(CCNS(=O)(=O)CCc1ccncc1)=NO. The van der Waals surface area contributed by atoms with Crippen molar-refractivity contribution in [2.45, 2.75) is 12.8 Å². The van der Waals surface area contributed by atoms with Crippen molar-refractivity contribution in [3.8, 4) is 0 Å². The van der Waals surface area contributed by atoms with Crippen LogP contribution in [0.15, 0.2) is 29.7 Å². The van der Waals surface area contributed by atoms with Crippen molar-refractivity contribution >= 4 is 15.9 Å². The minimum absolute atomic E-state index is 0.00676. The quantitative estimate of drug-likeness (QED) is 0.272. The highest BCUT2D eigenvalue weighted by Gasteiger charge is 2.10. The fourth-order valence-electron chi connectivity index (χ4n) is 1.26. The summed E-state index contributed by atoms with van der Waals surface area (Å²) in [5, 5.41) is 11.1. The van der Waals surface area contributed by atoms with Crippen LogP contribution in [0.1, 0.15) is 12.0 Å². The van der Waals surface area contributed by atoms with Crippen molar-refractivity contribution in [1.29, 1.82) is 0 Å². The molecule has 1 aromatic rings. The number of nitrogens with one attached hydrogen (secondary N) is 1. The number of hydrogen-bond donors (Lipinski definition) is 3. The number of nitrogens with zero attached hydrogens (tertiary/aromatic N) is 2. The Labute approximate surface area is 106 Å². The van der Waals surface area contributed by atoms with Gasteiger partial charge in [0.05, 0.1) is 5.75 Å². The van der Waals surface area contributed by atoms with E-state index in [1.54, 1.807) is 24.5 Å². The van der Waals surface area contributed by atoms with E-state index in [1.165, 1.54) is 0 Å². The number of rotatable bonds is 7. The van der Waals surface area contributed by atoms with E-state index in [0.29, 0.717) is 6.42 Å². The molecule has 0 aliphatic rings. The summed E-state index contributed by atoms with van der Waals surface area (Å²) in [5.41, 5.74) is 6.13. The zero-order chi connectivity index (χ0) is 13.4. The Hall–Kier alpha value is -1.67. The van der Waals surface area contributed by atoms with E-state index in [-0.39, 0.29) is 24.6 Å². The van der Waals surface area contributed by atoms with Crippen LogP contribution >= 0.6 is 0 Å². The number of aryl methyl sites for hydroxylation is 1.